The van der Waals surface area contributed by atoms with E-state index in [1.807, 2.05) is 31.2 Å². The lowest BCUT2D eigenvalue weighted by Crippen LogP contribution is -2.11. The highest BCUT2D eigenvalue weighted by Gasteiger charge is 2.08. The molecule has 0 unspecified atom stereocenters. The number of halogens is 1. The molecule has 3 aromatic rings. The van der Waals surface area contributed by atoms with Crippen molar-refractivity contribution >= 4 is 31.6 Å². The summed E-state index contributed by atoms with van der Waals surface area (Å²) in [6.07, 6.45) is 0. The molecular formula is C18H17BrN2O3S. The van der Waals surface area contributed by atoms with Crippen molar-refractivity contribution in [2.75, 3.05) is 5.32 Å². The average molecular weight is 421 g/mol. The van der Waals surface area contributed by atoms with Gasteiger partial charge in [-0.05, 0) is 61.0 Å². The van der Waals surface area contributed by atoms with E-state index in [2.05, 4.69) is 27.3 Å². The van der Waals surface area contributed by atoms with Gasteiger partial charge >= 0.3 is 0 Å². The molecule has 0 aliphatic rings. The van der Waals surface area contributed by atoms with E-state index in [-0.39, 0.29) is 4.90 Å². The molecule has 1 heterocycles. The highest BCUT2D eigenvalue weighted by atomic mass is 79.9. The van der Waals surface area contributed by atoms with Crippen LogP contribution in [0.25, 0.3) is 11.3 Å². The Morgan fingerprint density at radius 1 is 1.08 bits per heavy atom. The van der Waals surface area contributed by atoms with Gasteiger partial charge in [0.1, 0.15) is 11.5 Å². The van der Waals surface area contributed by atoms with Crippen LogP contribution in [0.5, 0.6) is 0 Å². The van der Waals surface area contributed by atoms with E-state index in [0.29, 0.717) is 6.54 Å². The fraction of sp³-hybridized carbons (Fsp3) is 0.111. The van der Waals surface area contributed by atoms with Crippen LogP contribution in [-0.2, 0) is 16.6 Å². The fourth-order valence-electron chi connectivity index (χ4n) is 2.38. The van der Waals surface area contributed by atoms with Crippen LogP contribution in [-0.4, -0.2) is 8.42 Å². The molecule has 1 aromatic heterocycles. The lowest BCUT2D eigenvalue weighted by molar-refractivity contribution is 0.531. The predicted octanol–water partition coefficient (Wildman–Crippen LogP) is 4.28. The third kappa shape index (κ3) is 4.31. The van der Waals surface area contributed by atoms with Gasteiger partial charge in [-0.3, -0.25) is 0 Å². The van der Waals surface area contributed by atoms with Crippen molar-refractivity contribution in [2.24, 2.45) is 5.14 Å². The Morgan fingerprint density at radius 2 is 1.80 bits per heavy atom. The van der Waals surface area contributed by atoms with Crippen molar-refractivity contribution in [3.63, 3.8) is 0 Å². The minimum Gasteiger partial charge on any atom is -0.459 e. The van der Waals surface area contributed by atoms with Gasteiger partial charge in [0.25, 0.3) is 0 Å². The number of benzene rings is 2. The van der Waals surface area contributed by atoms with E-state index in [9.17, 15) is 8.42 Å². The normalized spacial score (nSPS) is 11.5. The van der Waals surface area contributed by atoms with Gasteiger partial charge in [0, 0.05) is 15.7 Å². The minimum absolute atomic E-state index is 0.0870. The molecular weight excluding hydrogens is 404 g/mol. The van der Waals surface area contributed by atoms with Crippen LogP contribution in [0.3, 0.4) is 0 Å². The van der Waals surface area contributed by atoms with Gasteiger partial charge < -0.3 is 9.73 Å². The molecule has 0 radical (unpaired) electrons. The van der Waals surface area contributed by atoms with Crippen molar-refractivity contribution in [1.29, 1.82) is 0 Å². The SMILES string of the molecule is Cc1cc(-c2ccc(CNc3ccc(S(N)(=O)=O)cc3)o2)ccc1Br. The van der Waals surface area contributed by atoms with Crippen LogP contribution in [0, 0.1) is 6.92 Å². The van der Waals surface area contributed by atoms with Crippen molar-refractivity contribution in [1.82, 2.24) is 0 Å². The Bertz CT molecular complexity index is 995. The Morgan fingerprint density at radius 3 is 2.44 bits per heavy atom. The van der Waals surface area contributed by atoms with Crippen LogP contribution in [0.2, 0.25) is 0 Å². The minimum atomic E-state index is -3.67. The van der Waals surface area contributed by atoms with Gasteiger partial charge in [0.15, 0.2) is 0 Å². The van der Waals surface area contributed by atoms with Crippen LogP contribution in [0.4, 0.5) is 5.69 Å². The van der Waals surface area contributed by atoms with Crippen molar-refractivity contribution in [3.05, 3.63) is 70.4 Å². The summed E-state index contributed by atoms with van der Waals surface area (Å²) in [5, 5.41) is 8.27. The van der Waals surface area contributed by atoms with E-state index in [0.717, 1.165) is 32.8 Å². The molecule has 0 aliphatic heterocycles. The number of anilines is 1. The highest BCUT2D eigenvalue weighted by molar-refractivity contribution is 9.10. The second-order valence-corrected chi connectivity index (χ2v) is 8.07. The number of nitrogens with one attached hydrogen (secondary N) is 1. The van der Waals surface area contributed by atoms with Crippen LogP contribution < -0.4 is 10.5 Å². The summed E-state index contributed by atoms with van der Waals surface area (Å²) in [6.45, 7) is 2.52. The van der Waals surface area contributed by atoms with Gasteiger partial charge in [-0.2, -0.15) is 0 Å². The Hall–Kier alpha value is -2.09. The fourth-order valence-corrected chi connectivity index (χ4v) is 3.14. The average Bonchev–Trinajstić information content (AvgIpc) is 3.04. The number of aryl methyl sites for hydroxylation is 1. The molecule has 0 aliphatic carbocycles. The van der Waals surface area contributed by atoms with Crippen LogP contribution >= 0.6 is 15.9 Å². The Kier molecular flexibility index (Phi) is 4.99. The molecule has 0 atom stereocenters. The monoisotopic (exact) mass is 420 g/mol. The molecule has 7 heteroatoms. The third-order valence-corrected chi connectivity index (χ3v) is 5.57. The maximum atomic E-state index is 11.2. The lowest BCUT2D eigenvalue weighted by atomic mass is 10.1. The predicted molar refractivity (Wildman–Crippen MR) is 102 cm³/mol. The van der Waals surface area contributed by atoms with Crippen LogP contribution in [0.15, 0.2) is 68.4 Å². The standard InChI is InChI=1S/C18H17BrN2O3S/c1-12-10-13(2-8-17(12)19)18-9-5-15(24-18)11-21-14-3-6-16(7-4-14)25(20,22)23/h2-10,21H,11H2,1H3,(H2,20,22,23). The molecule has 0 saturated carbocycles. The number of rotatable bonds is 5. The second kappa shape index (κ2) is 7.03. The first-order valence-electron chi connectivity index (χ1n) is 7.55. The highest BCUT2D eigenvalue weighted by Crippen LogP contribution is 2.27. The third-order valence-electron chi connectivity index (χ3n) is 3.75. The van der Waals surface area contributed by atoms with Gasteiger partial charge in [0.05, 0.1) is 11.4 Å². The summed E-state index contributed by atoms with van der Waals surface area (Å²) >= 11 is 3.49. The summed E-state index contributed by atoms with van der Waals surface area (Å²) in [5.41, 5.74) is 2.94. The summed E-state index contributed by atoms with van der Waals surface area (Å²) < 4.78 is 29.4. The lowest BCUT2D eigenvalue weighted by Gasteiger charge is -2.06. The molecule has 0 saturated heterocycles. The van der Waals surface area contributed by atoms with Crippen molar-refractivity contribution in [3.8, 4) is 11.3 Å². The number of furan rings is 1. The molecule has 130 valence electrons. The molecule has 0 amide bonds. The topological polar surface area (TPSA) is 85.3 Å². The summed E-state index contributed by atoms with van der Waals surface area (Å²) in [7, 11) is -3.67. The number of nitrogens with two attached hydrogens (primary N) is 1. The zero-order chi connectivity index (χ0) is 18.0. The molecule has 2 aromatic carbocycles. The smallest absolute Gasteiger partial charge is 0.238 e. The quantitative estimate of drug-likeness (QED) is 0.644. The van der Waals surface area contributed by atoms with E-state index in [1.165, 1.54) is 12.1 Å². The Balaban J connectivity index is 1.68. The van der Waals surface area contributed by atoms with Gasteiger partial charge in [-0.15, -0.1) is 0 Å². The first kappa shape index (κ1) is 17.7. The Labute approximate surface area is 155 Å². The maximum Gasteiger partial charge on any atom is 0.238 e. The van der Waals surface area contributed by atoms with Gasteiger partial charge in [0.2, 0.25) is 10.0 Å². The summed E-state index contributed by atoms with van der Waals surface area (Å²) in [5.74, 6) is 1.59. The van der Waals surface area contributed by atoms with E-state index >= 15 is 0 Å². The molecule has 3 rings (SSSR count). The summed E-state index contributed by atoms with van der Waals surface area (Å²) in [4.78, 5) is 0.0870. The maximum absolute atomic E-state index is 11.2. The molecule has 25 heavy (non-hydrogen) atoms. The first-order valence-corrected chi connectivity index (χ1v) is 9.89. The van der Waals surface area contributed by atoms with Crippen LogP contribution in [0.1, 0.15) is 11.3 Å². The van der Waals surface area contributed by atoms with Gasteiger partial charge in [-0.1, -0.05) is 22.0 Å². The molecule has 0 fully saturated rings. The number of hydrogen-bond donors (Lipinski definition) is 2. The van der Waals surface area contributed by atoms with E-state index in [1.54, 1.807) is 12.1 Å². The molecule has 5 nitrogen and oxygen atoms in total. The molecule has 3 N–H and O–H groups in total. The molecule has 0 spiro atoms. The molecule has 0 bridgehead atoms. The summed E-state index contributed by atoms with van der Waals surface area (Å²) in [6, 6.07) is 16.2. The zero-order valence-electron chi connectivity index (χ0n) is 13.5. The largest absolute Gasteiger partial charge is 0.459 e. The second-order valence-electron chi connectivity index (χ2n) is 5.65. The number of primary sulfonamides is 1. The van der Waals surface area contributed by atoms with Gasteiger partial charge in [-0.25, -0.2) is 13.6 Å². The number of hydrogen-bond acceptors (Lipinski definition) is 4. The van der Waals surface area contributed by atoms with Crippen molar-refractivity contribution in [2.45, 2.75) is 18.4 Å². The van der Waals surface area contributed by atoms with E-state index in [4.69, 9.17) is 9.56 Å². The van der Waals surface area contributed by atoms with Crippen molar-refractivity contribution < 1.29 is 12.8 Å². The first-order chi connectivity index (χ1) is 11.8. The van der Waals surface area contributed by atoms with E-state index < -0.39 is 10.0 Å². The number of sulfonamides is 1. The zero-order valence-corrected chi connectivity index (χ0v) is 15.9.